The van der Waals surface area contributed by atoms with Gasteiger partial charge in [-0.15, -0.1) is 0 Å². The van der Waals surface area contributed by atoms with E-state index < -0.39 is 5.60 Å². The van der Waals surface area contributed by atoms with E-state index in [1.165, 1.54) is 6.92 Å². The highest BCUT2D eigenvalue weighted by Gasteiger charge is 2.53. The lowest BCUT2D eigenvalue weighted by Crippen LogP contribution is -2.59. The van der Waals surface area contributed by atoms with Crippen molar-refractivity contribution in [1.82, 2.24) is 19.9 Å². The Labute approximate surface area is 217 Å². The second kappa shape index (κ2) is 9.15. The van der Waals surface area contributed by atoms with E-state index in [-0.39, 0.29) is 35.3 Å². The van der Waals surface area contributed by atoms with Gasteiger partial charge in [-0.05, 0) is 76.8 Å². The monoisotopic (exact) mass is 508 g/mol. The van der Waals surface area contributed by atoms with E-state index in [4.69, 9.17) is 4.74 Å². The Bertz CT molecular complexity index is 1230. The number of rotatable bonds is 7. The molecule has 3 aliphatic carbocycles. The summed E-state index contributed by atoms with van der Waals surface area (Å²) in [6.45, 7) is 7.01. The Kier molecular flexibility index (Phi) is 6.24. The van der Waals surface area contributed by atoms with Crippen molar-refractivity contribution in [3.63, 3.8) is 0 Å². The minimum atomic E-state index is -0.515. The molecule has 0 saturated heterocycles. The molecule has 2 heterocycles. The standard InChI is InChI=1S/C27H36N6O4/c1-15(34)20-9-8-19(24(35)32-21-14-33(5)23(31-21)16-6-7-16)22(30-20)28-17-10-27(11-17)12-18(13-27)29-25(36)37-26(2,3)4/h8-9,14,16-18H,6-7,10-13H2,1-5H3,(H,28,30)(H,29,36)(H,32,35). The number of ketones is 1. The molecule has 0 aliphatic heterocycles. The molecule has 5 rings (SSSR count). The fourth-order valence-corrected chi connectivity index (χ4v) is 5.57. The van der Waals surface area contributed by atoms with Crippen molar-refractivity contribution in [2.75, 3.05) is 10.6 Å². The van der Waals surface area contributed by atoms with E-state index in [2.05, 4.69) is 25.9 Å². The summed E-state index contributed by atoms with van der Waals surface area (Å²) in [6.07, 6.45) is 7.34. The maximum Gasteiger partial charge on any atom is 0.407 e. The highest BCUT2D eigenvalue weighted by molar-refractivity contribution is 6.07. The van der Waals surface area contributed by atoms with Gasteiger partial charge in [0.2, 0.25) is 0 Å². The van der Waals surface area contributed by atoms with Crippen molar-refractivity contribution in [2.45, 2.75) is 89.8 Å². The van der Waals surface area contributed by atoms with E-state index in [1.807, 2.05) is 38.6 Å². The molecule has 10 heteroatoms. The van der Waals surface area contributed by atoms with Gasteiger partial charge in [0.15, 0.2) is 11.6 Å². The van der Waals surface area contributed by atoms with Crippen LogP contribution in [0.3, 0.4) is 0 Å². The molecule has 0 bridgehead atoms. The van der Waals surface area contributed by atoms with Crippen molar-refractivity contribution in [2.24, 2.45) is 12.5 Å². The third-order valence-electron chi connectivity index (χ3n) is 7.38. The lowest BCUT2D eigenvalue weighted by atomic mass is 9.52. The van der Waals surface area contributed by atoms with Crippen molar-refractivity contribution in [3.05, 3.63) is 35.4 Å². The second-order valence-corrected chi connectivity index (χ2v) is 12.0. The van der Waals surface area contributed by atoms with Gasteiger partial charge in [-0.2, -0.15) is 0 Å². The number of alkyl carbamates (subject to hydrolysis) is 1. The largest absolute Gasteiger partial charge is 0.444 e. The normalized spacial score (nSPS) is 24.6. The van der Waals surface area contributed by atoms with Gasteiger partial charge in [0, 0.05) is 38.2 Å². The fourth-order valence-electron chi connectivity index (χ4n) is 5.57. The molecule has 3 fully saturated rings. The zero-order valence-electron chi connectivity index (χ0n) is 22.2. The quantitative estimate of drug-likeness (QED) is 0.473. The van der Waals surface area contributed by atoms with Gasteiger partial charge in [0.05, 0.1) is 5.56 Å². The molecule has 10 nitrogen and oxygen atoms in total. The zero-order valence-corrected chi connectivity index (χ0v) is 22.2. The van der Waals surface area contributed by atoms with E-state index in [0.717, 1.165) is 44.3 Å². The summed E-state index contributed by atoms with van der Waals surface area (Å²) in [5, 5.41) is 9.25. The van der Waals surface area contributed by atoms with Crippen LogP contribution in [-0.4, -0.2) is 50.0 Å². The highest BCUT2D eigenvalue weighted by Crippen LogP contribution is 2.56. The van der Waals surface area contributed by atoms with Crippen LogP contribution in [0.4, 0.5) is 16.4 Å². The molecule has 3 N–H and O–H groups in total. The van der Waals surface area contributed by atoms with Crippen LogP contribution in [0.1, 0.15) is 98.8 Å². The van der Waals surface area contributed by atoms with Crippen LogP contribution in [-0.2, 0) is 11.8 Å². The molecule has 37 heavy (non-hydrogen) atoms. The predicted molar refractivity (Wildman–Crippen MR) is 139 cm³/mol. The number of carbonyl (C=O) groups excluding carboxylic acids is 3. The summed E-state index contributed by atoms with van der Waals surface area (Å²) in [6, 6.07) is 3.48. The summed E-state index contributed by atoms with van der Waals surface area (Å²) in [5.41, 5.74) is 0.360. The molecule has 3 saturated carbocycles. The summed E-state index contributed by atoms with van der Waals surface area (Å²) in [7, 11) is 1.94. The molecule has 0 unspecified atom stereocenters. The minimum absolute atomic E-state index is 0.121. The van der Waals surface area contributed by atoms with Crippen LogP contribution in [0.15, 0.2) is 18.3 Å². The second-order valence-electron chi connectivity index (χ2n) is 12.0. The van der Waals surface area contributed by atoms with Crippen molar-refractivity contribution < 1.29 is 19.1 Å². The number of carbonyl (C=O) groups is 3. The van der Waals surface area contributed by atoms with E-state index >= 15 is 0 Å². The summed E-state index contributed by atoms with van der Waals surface area (Å²) in [5.74, 6) is 1.90. The van der Waals surface area contributed by atoms with Crippen LogP contribution in [0.25, 0.3) is 0 Å². The molecule has 0 radical (unpaired) electrons. The van der Waals surface area contributed by atoms with Gasteiger partial charge in [0.1, 0.15) is 22.9 Å². The number of pyridine rings is 1. The molecule has 2 amide bonds. The fraction of sp³-hybridized carbons (Fsp3) is 0.593. The molecular weight excluding hydrogens is 472 g/mol. The van der Waals surface area contributed by atoms with Crippen molar-refractivity contribution >= 4 is 29.4 Å². The lowest BCUT2D eigenvalue weighted by molar-refractivity contribution is -0.0179. The number of imidazole rings is 1. The summed E-state index contributed by atoms with van der Waals surface area (Å²) < 4.78 is 7.31. The number of Topliss-reactive ketones (excluding diaryl/α,β-unsaturated/α-hetero) is 1. The van der Waals surface area contributed by atoms with Crippen molar-refractivity contribution in [1.29, 1.82) is 0 Å². The molecule has 2 aromatic rings. The minimum Gasteiger partial charge on any atom is -0.444 e. The molecule has 3 aliphatic rings. The lowest BCUT2D eigenvalue weighted by Gasteiger charge is -2.57. The smallest absolute Gasteiger partial charge is 0.407 e. The number of ether oxygens (including phenoxy) is 1. The maximum absolute atomic E-state index is 13.2. The van der Waals surface area contributed by atoms with E-state index in [9.17, 15) is 14.4 Å². The summed E-state index contributed by atoms with van der Waals surface area (Å²) in [4.78, 5) is 46.2. The topological polar surface area (TPSA) is 127 Å². The number of hydrogen-bond acceptors (Lipinski definition) is 7. The number of nitrogens with zero attached hydrogens (tertiary/aromatic N) is 3. The third-order valence-corrected chi connectivity index (χ3v) is 7.38. The summed E-state index contributed by atoms with van der Waals surface area (Å²) >= 11 is 0. The SMILES string of the molecule is CC(=O)c1ccc(C(=O)Nc2cn(C)c(C3CC3)n2)c(NC2CC3(CC(NC(=O)OC(C)(C)C)C3)C2)n1. The number of nitrogens with one attached hydrogen (secondary N) is 3. The predicted octanol–water partition coefficient (Wildman–Crippen LogP) is 4.40. The first-order valence-corrected chi connectivity index (χ1v) is 13.0. The van der Waals surface area contributed by atoms with Gasteiger partial charge in [-0.1, -0.05) is 0 Å². The van der Waals surface area contributed by atoms with Crippen LogP contribution < -0.4 is 16.0 Å². The zero-order chi connectivity index (χ0) is 26.5. The number of amides is 2. The number of hydrogen-bond donors (Lipinski definition) is 3. The van der Waals surface area contributed by atoms with Gasteiger partial charge < -0.3 is 25.3 Å². The highest BCUT2D eigenvalue weighted by atomic mass is 16.6. The van der Waals surface area contributed by atoms with Gasteiger partial charge >= 0.3 is 6.09 Å². The van der Waals surface area contributed by atoms with E-state index in [1.54, 1.807) is 12.1 Å². The van der Waals surface area contributed by atoms with Gasteiger partial charge in [-0.3, -0.25) is 9.59 Å². The third kappa shape index (κ3) is 5.62. The molecule has 2 aromatic heterocycles. The molecule has 198 valence electrons. The first-order valence-electron chi connectivity index (χ1n) is 13.0. The Morgan fingerprint density at radius 1 is 1.05 bits per heavy atom. The number of aryl methyl sites for hydroxylation is 1. The molecule has 0 atom stereocenters. The Hall–Kier alpha value is -3.43. The Morgan fingerprint density at radius 3 is 2.35 bits per heavy atom. The average molecular weight is 509 g/mol. The molecular formula is C27H36N6O4. The van der Waals surface area contributed by atoms with Crippen LogP contribution in [0.2, 0.25) is 0 Å². The van der Waals surface area contributed by atoms with Gasteiger partial charge in [0.25, 0.3) is 5.91 Å². The first kappa shape index (κ1) is 25.2. The number of anilines is 2. The van der Waals surface area contributed by atoms with Crippen molar-refractivity contribution in [3.8, 4) is 0 Å². The van der Waals surface area contributed by atoms with Crippen LogP contribution in [0.5, 0.6) is 0 Å². The number of aromatic nitrogens is 3. The van der Waals surface area contributed by atoms with Crippen LogP contribution >= 0.6 is 0 Å². The Morgan fingerprint density at radius 2 is 1.73 bits per heavy atom. The average Bonchev–Trinajstić information content (AvgIpc) is 3.52. The first-order chi connectivity index (χ1) is 17.4. The maximum atomic E-state index is 13.2. The Balaban J connectivity index is 1.20. The van der Waals surface area contributed by atoms with Crippen LogP contribution in [0, 0.1) is 5.41 Å². The van der Waals surface area contributed by atoms with E-state index in [0.29, 0.717) is 28.8 Å². The molecule has 1 spiro atoms. The van der Waals surface area contributed by atoms with Gasteiger partial charge in [-0.25, -0.2) is 14.8 Å². The molecule has 0 aromatic carbocycles.